The molecule has 0 aliphatic heterocycles. The summed E-state index contributed by atoms with van der Waals surface area (Å²) < 4.78 is 34.5. The van der Waals surface area contributed by atoms with Crippen LogP contribution < -0.4 is 14.4 Å². The highest BCUT2D eigenvalue weighted by Gasteiger charge is 2.33. The van der Waals surface area contributed by atoms with Crippen molar-refractivity contribution < 1.29 is 22.7 Å². The maximum absolute atomic E-state index is 14.1. The van der Waals surface area contributed by atoms with Crippen LogP contribution in [0.4, 0.5) is 5.69 Å². The number of amides is 2. The van der Waals surface area contributed by atoms with E-state index in [9.17, 15) is 18.0 Å². The van der Waals surface area contributed by atoms with Crippen LogP contribution in [0.25, 0.3) is 0 Å². The number of rotatable bonds is 12. The van der Waals surface area contributed by atoms with Gasteiger partial charge >= 0.3 is 0 Å². The largest absolute Gasteiger partial charge is 0.494 e. The van der Waals surface area contributed by atoms with Crippen LogP contribution >= 0.6 is 0 Å². The van der Waals surface area contributed by atoms with Crippen LogP contribution in [0.15, 0.2) is 83.8 Å². The summed E-state index contributed by atoms with van der Waals surface area (Å²) in [6.07, 6.45) is 5.15. The first-order chi connectivity index (χ1) is 20.2. The maximum Gasteiger partial charge on any atom is 0.264 e. The smallest absolute Gasteiger partial charge is 0.264 e. The predicted molar refractivity (Wildman–Crippen MR) is 165 cm³/mol. The molecule has 0 spiro atoms. The molecule has 224 valence electrons. The number of hydrogen-bond donors (Lipinski definition) is 1. The average Bonchev–Trinajstić information content (AvgIpc) is 3.00. The molecule has 42 heavy (non-hydrogen) atoms. The molecule has 3 aromatic rings. The van der Waals surface area contributed by atoms with E-state index in [4.69, 9.17) is 4.74 Å². The van der Waals surface area contributed by atoms with Crippen molar-refractivity contribution in [3.05, 3.63) is 90.0 Å². The molecule has 1 atom stereocenters. The van der Waals surface area contributed by atoms with Crippen molar-refractivity contribution in [3.8, 4) is 5.75 Å². The van der Waals surface area contributed by atoms with Crippen LogP contribution in [-0.2, 0) is 26.2 Å². The lowest BCUT2D eigenvalue weighted by Gasteiger charge is -2.33. The van der Waals surface area contributed by atoms with Crippen LogP contribution in [0.1, 0.15) is 57.1 Å². The Kier molecular flexibility index (Phi) is 10.6. The highest BCUT2D eigenvalue weighted by atomic mass is 32.2. The molecule has 4 rings (SSSR count). The van der Waals surface area contributed by atoms with Crippen LogP contribution in [0.3, 0.4) is 0 Å². The topological polar surface area (TPSA) is 96.0 Å². The normalized spacial score (nSPS) is 14.5. The van der Waals surface area contributed by atoms with Crippen molar-refractivity contribution >= 4 is 27.5 Å². The van der Waals surface area contributed by atoms with Gasteiger partial charge in [0.25, 0.3) is 10.0 Å². The summed E-state index contributed by atoms with van der Waals surface area (Å²) >= 11 is 0. The van der Waals surface area contributed by atoms with Crippen molar-refractivity contribution in [3.63, 3.8) is 0 Å². The molecule has 0 bridgehead atoms. The first-order valence-corrected chi connectivity index (χ1v) is 16.1. The number of anilines is 1. The molecule has 0 aromatic heterocycles. The number of aryl methyl sites for hydroxylation is 1. The minimum Gasteiger partial charge on any atom is -0.494 e. The third kappa shape index (κ3) is 7.91. The van der Waals surface area contributed by atoms with Gasteiger partial charge in [0.15, 0.2) is 0 Å². The maximum atomic E-state index is 14.1. The standard InChI is InChI=1S/C33H41N3O5S/c1-4-41-30-21-19-29(20-22-30)36(42(39,40)31-13-9-6-10-14-31)24-32(37)35(23-27-17-15-25(2)16-18-27)26(3)33(38)34-28-11-7-5-8-12-28/h6,9-10,13-22,26,28H,4-5,7-8,11-12,23-24H2,1-3H3,(H,34,38)/t26-/m0/s1. The first-order valence-electron chi connectivity index (χ1n) is 14.6. The second-order valence-electron chi connectivity index (χ2n) is 10.8. The van der Waals surface area contributed by atoms with Crippen LogP contribution in [0, 0.1) is 6.92 Å². The Morgan fingerprint density at radius 3 is 2.19 bits per heavy atom. The fourth-order valence-electron chi connectivity index (χ4n) is 5.17. The Morgan fingerprint density at radius 1 is 0.929 bits per heavy atom. The Morgan fingerprint density at radius 2 is 1.57 bits per heavy atom. The highest BCUT2D eigenvalue weighted by molar-refractivity contribution is 7.92. The van der Waals surface area contributed by atoms with Gasteiger partial charge in [-0.1, -0.05) is 67.3 Å². The minimum absolute atomic E-state index is 0.0693. The van der Waals surface area contributed by atoms with Gasteiger partial charge < -0.3 is 15.0 Å². The zero-order valence-corrected chi connectivity index (χ0v) is 25.5. The summed E-state index contributed by atoms with van der Waals surface area (Å²) in [6.45, 7) is 5.72. The van der Waals surface area contributed by atoms with E-state index in [1.165, 1.54) is 17.0 Å². The Balaban J connectivity index is 1.66. The van der Waals surface area contributed by atoms with E-state index in [2.05, 4.69) is 5.32 Å². The van der Waals surface area contributed by atoms with E-state index < -0.39 is 28.5 Å². The molecule has 2 amide bonds. The van der Waals surface area contributed by atoms with Gasteiger partial charge in [-0.2, -0.15) is 0 Å². The van der Waals surface area contributed by atoms with E-state index >= 15 is 0 Å². The van der Waals surface area contributed by atoms with Gasteiger partial charge in [-0.3, -0.25) is 13.9 Å². The molecule has 1 aliphatic carbocycles. The van der Waals surface area contributed by atoms with E-state index in [1.807, 2.05) is 38.1 Å². The third-order valence-electron chi connectivity index (χ3n) is 7.64. The monoisotopic (exact) mass is 591 g/mol. The van der Waals surface area contributed by atoms with Crippen LogP contribution in [-0.4, -0.2) is 50.4 Å². The van der Waals surface area contributed by atoms with Gasteiger partial charge in [-0.05, 0) is 75.6 Å². The summed E-state index contributed by atoms with van der Waals surface area (Å²) in [5.74, 6) is -0.116. The molecular weight excluding hydrogens is 550 g/mol. The van der Waals surface area contributed by atoms with Gasteiger partial charge in [0.1, 0.15) is 18.3 Å². The van der Waals surface area contributed by atoms with Gasteiger partial charge in [0.05, 0.1) is 17.2 Å². The molecule has 9 heteroatoms. The first kappa shape index (κ1) is 31.1. The Hall–Kier alpha value is -3.85. The summed E-state index contributed by atoms with van der Waals surface area (Å²) in [4.78, 5) is 29.1. The predicted octanol–water partition coefficient (Wildman–Crippen LogP) is 5.46. The minimum atomic E-state index is -4.11. The van der Waals surface area contributed by atoms with Gasteiger partial charge in [-0.25, -0.2) is 8.42 Å². The second-order valence-corrected chi connectivity index (χ2v) is 12.6. The third-order valence-corrected chi connectivity index (χ3v) is 9.43. The van der Waals surface area contributed by atoms with Gasteiger partial charge in [0.2, 0.25) is 11.8 Å². The summed E-state index contributed by atoms with van der Waals surface area (Å²) in [6, 6.07) is 21.7. The van der Waals surface area contributed by atoms with Crippen molar-refractivity contribution in [1.82, 2.24) is 10.2 Å². The molecule has 1 aliphatic rings. The number of benzene rings is 3. The molecule has 0 saturated heterocycles. The number of nitrogens with zero attached hydrogens (tertiary/aromatic N) is 2. The van der Waals surface area contributed by atoms with E-state index in [-0.39, 0.29) is 23.4 Å². The van der Waals surface area contributed by atoms with Gasteiger partial charge in [-0.15, -0.1) is 0 Å². The zero-order chi connectivity index (χ0) is 30.1. The molecule has 3 aromatic carbocycles. The molecule has 0 unspecified atom stereocenters. The lowest BCUT2D eigenvalue weighted by Crippen LogP contribution is -2.53. The lowest BCUT2D eigenvalue weighted by atomic mass is 9.95. The highest BCUT2D eigenvalue weighted by Crippen LogP contribution is 2.27. The number of ether oxygens (including phenoxy) is 1. The quantitative estimate of drug-likeness (QED) is 0.302. The second kappa shape index (κ2) is 14.4. The van der Waals surface area contributed by atoms with E-state index in [0.29, 0.717) is 18.0 Å². The van der Waals surface area contributed by atoms with Crippen molar-refractivity contribution in [2.24, 2.45) is 0 Å². The Bertz CT molecular complexity index is 1420. The van der Waals surface area contributed by atoms with Crippen molar-refractivity contribution in [2.45, 2.75) is 76.4 Å². The SMILES string of the molecule is CCOc1ccc(N(CC(=O)N(Cc2ccc(C)cc2)[C@@H](C)C(=O)NC2CCCCC2)S(=O)(=O)c2ccccc2)cc1. The van der Waals surface area contributed by atoms with E-state index in [1.54, 1.807) is 49.4 Å². The average molecular weight is 592 g/mol. The fraction of sp³-hybridized carbons (Fsp3) is 0.394. The van der Waals surface area contributed by atoms with Crippen LogP contribution in [0.2, 0.25) is 0 Å². The molecule has 1 N–H and O–H groups in total. The summed E-state index contributed by atoms with van der Waals surface area (Å²) in [7, 11) is -4.11. The number of carbonyl (C=O) groups excluding carboxylic acids is 2. The molecule has 8 nitrogen and oxygen atoms in total. The number of sulfonamides is 1. The molecule has 0 radical (unpaired) electrons. The number of nitrogens with one attached hydrogen (secondary N) is 1. The zero-order valence-electron chi connectivity index (χ0n) is 24.7. The van der Waals surface area contributed by atoms with Crippen LogP contribution in [0.5, 0.6) is 5.75 Å². The lowest BCUT2D eigenvalue weighted by molar-refractivity contribution is -0.139. The fourth-order valence-corrected chi connectivity index (χ4v) is 6.60. The van der Waals surface area contributed by atoms with Crippen molar-refractivity contribution in [2.75, 3.05) is 17.5 Å². The number of carbonyl (C=O) groups is 2. The molecule has 1 fully saturated rings. The Labute approximate surface area is 249 Å². The van der Waals surface area contributed by atoms with Gasteiger partial charge in [0, 0.05) is 12.6 Å². The summed E-state index contributed by atoms with van der Waals surface area (Å²) in [5, 5.41) is 3.13. The molecular formula is C33H41N3O5S. The summed E-state index contributed by atoms with van der Waals surface area (Å²) in [5.41, 5.74) is 2.25. The number of hydrogen-bond acceptors (Lipinski definition) is 5. The van der Waals surface area contributed by atoms with E-state index in [0.717, 1.165) is 47.5 Å². The van der Waals surface area contributed by atoms with Crippen molar-refractivity contribution in [1.29, 1.82) is 0 Å². The molecule has 1 saturated carbocycles. The molecule has 0 heterocycles.